The lowest BCUT2D eigenvalue weighted by Crippen LogP contribution is -2.30. The number of ether oxygens (including phenoxy) is 1. The van der Waals surface area contributed by atoms with E-state index in [0.717, 1.165) is 16.9 Å². The molecule has 0 radical (unpaired) electrons. The highest BCUT2D eigenvalue weighted by Crippen LogP contribution is 2.40. The predicted octanol–water partition coefficient (Wildman–Crippen LogP) is 2.83. The van der Waals surface area contributed by atoms with Crippen molar-refractivity contribution in [3.63, 3.8) is 0 Å². The minimum absolute atomic E-state index is 0.0520. The normalized spacial score (nSPS) is 17.6. The van der Waals surface area contributed by atoms with Crippen LogP contribution in [0.2, 0.25) is 0 Å². The molecule has 1 unspecified atom stereocenters. The molecule has 2 heterocycles. The van der Waals surface area contributed by atoms with Gasteiger partial charge in [0.2, 0.25) is 5.91 Å². The largest absolute Gasteiger partial charge is 0.504 e. The molecule has 2 N–H and O–H groups in total. The molecule has 23 heavy (non-hydrogen) atoms. The van der Waals surface area contributed by atoms with E-state index in [1.165, 1.54) is 7.11 Å². The third-order valence-electron chi connectivity index (χ3n) is 4.06. The first kappa shape index (κ1) is 15.4. The number of methoxy groups -OCH3 is 1. The maximum Gasteiger partial charge on any atom is 0.226 e. The number of anilines is 1. The van der Waals surface area contributed by atoms with Gasteiger partial charge in [0.25, 0.3) is 0 Å². The van der Waals surface area contributed by atoms with E-state index in [1.807, 2.05) is 31.5 Å². The predicted molar refractivity (Wildman–Crippen MR) is 87.0 cm³/mol. The molecular formula is C17H21N3O3. The van der Waals surface area contributed by atoms with Crippen molar-refractivity contribution in [2.75, 3.05) is 12.4 Å². The Hall–Kier alpha value is -2.50. The number of aromatic nitrogens is 2. The number of hydrogen-bond donors (Lipinski definition) is 2. The number of carbonyl (C=O) groups excluding carboxylic acids is 1. The lowest BCUT2D eigenvalue weighted by atomic mass is 9.87. The molecule has 1 atom stereocenters. The van der Waals surface area contributed by atoms with E-state index in [4.69, 9.17) is 4.74 Å². The van der Waals surface area contributed by atoms with E-state index in [2.05, 4.69) is 10.4 Å². The van der Waals surface area contributed by atoms with Crippen LogP contribution in [-0.2, 0) is 10.3 Å². The van der Waals surface area contributed by atoms with E-state index < -0.39 is 0 Å². The van der Waals surface area contributed by atoms with Gasteiger partial charge >= 0.3 is 0 Å². The first-order chi connectivity index (χ1) is 10.8. The number of benzene rings is 1. The summed E-state index contributed by atoms with van der Waals surface area (Å²) in [6, 6.07) is 5.24. The first-order valence-corrected chi connectivity index (χ1v) is 7.56. The Morgan fingerprint density at radius 2 is 2.13 bits per heavy atom. The Labute approximate surface area is 135 Å². The van der Waals surface area contributed by atoms with Gasteiger partial charge in [-0.3, -0.25) is 4.79 Å². The first-order valence-electron chi connectivity index (χ1n) is 7.56. The van der Waals surface area contributed by atoms with Crippen LogP contribution in [0.5, 0.6) is 11.5 Å². The van der Waals surface area contributed by atoms with Gasteiger partial charge in [-0.25, -0.2) is 4.68 Å². The van der Waals surface area contributed by atoms with E-state index >= 15 is 0 Å². The van der Waals surface area contributed by atoms with Crippen molar-refractivity contribution in [2.24, 2.45) is 0 Å². The number of hydrogen-bond acceptors (Lipinski definition) is 4. The second-order valence-corrected chi connectivity index (χ2v) is 6.77. The topological polar surface area (TPSA) is 76.4 Å². The Bertz CT molecular complexity index is 759. The zero-order valence-corrected chi connectivity index (χ0v) is 13.8. The standard InChI is InChI=1S/C17H21N3O3/c1-17(2,3)20-16-12(9-18-20)11(8-15(22)19-16)10-5-6-14(23-4)13(21)7-10/h5-7,9,11,21H,8H2,1-4H3,(H,19,22). The molecule has 2 aromatic rings. The van der Waals surface area contributed by atoms with Crippen molar-refractivity contribution in [2.45, 2.75) is 38.6 Å². The van der Waals surface area contributed by atoms with Crippen molar-refractivity contribution in [3.8, 4) is 11.5 Å². The average Bonchev–Trinajstić information content (AvgIpc) is 2.89. The van der Waals surface area contributed by atoms with Crippen LogP contribution < -0.4 is 10.1 Å². The van der Waals surface area contributed by atoms with Gasteiger partial charge in [0.05, 0.1) is 18.8 Å². The van der Waals surface area contributed by atoms with Gasteiger partial charge in [-0.05, 0) is 38.5 Å². The molecule has 122 valence electrons. The summed E-state index contributed by atoms with van der Waals surface area (Å²) in [5.74, 6) is 1.03. The molecule has 1 aliphatic rings. The van der Waals surface area contributed by atoms with Crippen LogP contribution in [0.15, 0.2) is 24.4 Å². The summed E-state index contributed by atoms with van der Waals surface area (Å²) < 4.78 is 6.91. The molecule has 0 aliphatic carbocycles. The lowest BCUT2D eigenvalue weighted by molar-refractivity contribution is -0.116. The number of phenolic OH excluding ortho intramolecular Hbond substituents is 1. The molecule has 1 aromatic carbocycles. The molecule has 0 saturated heterocycles. The molecule has 0 saturated carbocycles. The smallest absolute Gasteiger partial charge is 0.226 e. The van der Waals surface area contributed by atoms with E-state index in [9.17, 15) is 9.90 Å². The van der Waals surface area contributed by atoms with Crippen LogP contribution in [0, 0.1) is 0 Å². The Kier molecular flexibility index (Phi) is 3.55. The van der Waals surface area contributed by atoms with Crippen LogP contribution in [0.4, 0.5) is 5.82 Å². The van der Waals surface area contributed by atoms with Crippen LogP contribution >= 0.6 is 0 Å². The minimum atomic E-state index is -0.231. The number of phenols is 1. The quantitative estimate of drug-likeness (QED) is 0.893. The highest BCUT2D eigenvalue weighted by atomic mass is 16.5. The fourth-order valence-corrected chi connectivity index (χ4v) is 2.95. The van der Waals surface area contributed by atoms with E-state index in [0.29, 0.717) is 12.2 Å². The van der Waals surface area contributed by atoms with E-state index in [1.54, 1.807) is 18.3 Å². The third kappa shape index (κ3) is 2.65. The number of nitrogens with one attached hydrogen (secondary N) is 1. The fraction of sp³-hybridized carbons (Fsp3) is 0.412. The number of nitrogens with zero attached hydrogens (tertiary/aromatic N) is 2. The van der Waals surface area contributed by atoms with Crippen LogP contribution in [-0.4, -0.2) is 27.9 Å². The third-order valence-corrected chi connectivity index (χ3v) is 4.06. The van der Waals surface area contributed by atoms with Gasteiger partial charge in [-0.2, -0.15) is 5.10 Å². The highest BCUT2D eigenvalue weighted by Gasteiger charge is 2.32. The number of amides is 1. The fourth-order valence-electron chi connectivity index (χ4n) is 2.95. The molecule has 0 spiro atoms. The molecule has 1 aromatic heterocycles. The molecule has 6 heteroatoms. The van der Waals surface area contributed by atoms with Gasteiger partial charge in [-0.15, -0.1) is 0 Å². The summed E-state index contributed by atoms with van der Waals surface area (Å²) in [6.07, 6.45) is 2.13. The zero-order valence-electron chi connectivity index (χ0n) is 13.8. The number of rotatable bonds is 2. The SMILES string of the molecule is COc1ccc(C2CC(=O)Nc3c2cnn3C(C)(C)C)cc1O. The van der Waals surface area contributed by atoms with Gasteiger partial charge in [0.15, 0.2) is 11.5 Å². The lowest BCUT2D eigenvalue weighted by Gasteiger charge is -2.28. The summed E-state index contributed by atoms with van der Waals surface area (Å²) in [5, 5.41) is 17.4. The Morgan fingerprint density at radius 3 is 2.74 bits per heavy atom. The summed E-state index contributed by atoms with van der Waals surface area (Å²) in [7, 11) is 1.51. The van der Waals surface area contributed by atoms with E-state index in [-0.39, 0.29) is 23.1 Å². The molecule has 0 fully saturated rings. The number of carbonyl (C=O) groups is 1. The van der Waals surface area contributed by atoms with Gasteiger partial charge in [0.1, 0.15) is 5.82 Å². The van der Waals surface area contributed by atoms with Crippen molar-refractivity contribution in [1.82, 2.24) is 9.78 Å². The zero-order chi connectivity index (χ0) is 16.8. The minimum Gasteiger partial charge on any atom is -0.504 e. The van der Waals surface area contributed by atoms with Crippen LogP contribution in [0.1, 0.15) is 44.2 Å². The maximum atomic E-state index is 12.2. The summed E-state index contributed by atoms with van der Waals surface area (Å²) in [4.78, 5) is 12.2. The molecular weight excluding hydrogens is 294 g/mol. The Balaban J connectivity index is 2.08. The molecule has 6 nitrogen and oxygen atoms in total. The summed E-state index contributed by atoms with van der Waals surface area (Å²) in [5.41, 5.74) is 1.60. The average molecular weight is 315 g/mol. The molecule has 1 amide bonds. The van der Waals surface area contributed by atoms with Gasteiger partial charge in [-0.1, -0.05) is 6.07 Å². The van der Waals surface area contributed by atoms with Crippen molar-refractivity contribution in [3.05, 3.63) is 35.5 Å². The molecule has 1 aliphatic heterocycles. The van der Waals surface area contributed by atoms with Crippen molar-refractivity contribution in [1.29, 1.82) is 0 Å². The van der Waals surface area contributed by atoms with Crippen molar-refractivity contribution >= 4 is 11.7 Å². The highest BCUT2D eigenvalue weighted by molar-refractivity contribution is 5.94. The maximum absolute atomic E-state index is 12.2. The monoisotopic (exact) mass is 315 g/mol. The van der Waals surface area contributed by atoms with Crippen LogP contribution in [0.25, 0.3) is 0 Å². The van der Waals surface area contributed by atoms with Gasteiger partial charge in [0, 0.05) is 17.9 Å². The number of aromatic hydroxyl groups is 1. The van der Waals surface area contributed by atoms with Crippen molar-refractivity contribution < 1.29 is 14.6 Å². The second kappa shape index (κ2) is 5.30. The summed E-state index contributed by atoms with van der Waals surface area (Å²) >= 11 is 0. The molecule has 0 bridgehead atoms. The Morgan fingerprint density at radius 1 is 1.39 bits per heavy atom. The second-order valence-electron chi connectivity index (χ2n) is 6.77. The van der Waals surface area contributed by atoms with Gasteiger partial charge < -0.3 is 15.2 Å². The van der Waals surface area contributed by atoms with Crippen LogP contribution in [0.3, 0.4) is 0 Å². The summed E-state index contributed by atoms with van der Waals surface area (Å²) in [6.45, 7) is 6.11. The molecule has 3 rings (SSSR count). The number of fused-ring (bicyclic) bond motifs is 1.